The van der Waals surface area contributed by atoms with E-state index in [4.69, 9.17) is 4.74 Å². The normalized spacial score (nSPS) is 11.2. The van der Waals surface area contributed by atoms with Crippen molar-refractivity contribution in [3.05, 3.63) is 59.4 Å². The summed E-state index contributed by atoms with van der Waals surface area (Å²) in [6.45, 7) is 5.76. The number of benzene rings is 2. The Bertz CT molecular complexity index is 737. The van der Waals surface area contributed by atoms with Crippen LogP contribution in [-0.2, 0) is 11.2 Å². The van der Waals surface area contributed by atoms with Gasteiger partial charge in [-0.2, -0.15) is 0 Å². The number of hydrogen-bond acceptors (Lipinski definition) is 2. The molecular weight excluding hydrogens is 319 g/mol. The first-order chi connectivity index (χ1) is 11.2. The van der Waals surface area contributed by atoms with Crippen molar-refractivity contribution < 1.29 is 22.7 Å². The van der Waals surface area contributed by atoms with Gasteiger partial charge in [0.25, 0.3) is 0 Å². The minimum atomic E-state index is -1.61. The summed E-state index contributed by atoms with van der Waals surface area (Å²) in [6.07, 6.45) is -0.0335. The third-order valence-electron chi connectivity index (χ3n) is 3.02. The number of hydrogen-bond donors (Lipinski definition) is 1. The Labute approximate surface area is 138 Å². The number of nitrogens with one attached hydrogen (secondary N) is 1. The highest BCUT2D eigenvalue weighted by Gasteiger charge is 2.16. The molecule has 2 aromatic carbocycles. The maximum atomic E-state index is 13.5. The lowest BCUT2D eigenvalue weighted by Gasteiger charge is -2.21. The monoisotopic (exact) mass is 337 g/mol. The van der Waals surface area contributed by atoms with E-state index in [1.54, 1.807) is 24.3 Å². The molecule has 1 amide bonds. The van der Waals surface area contributed by atoms with Crippen LogP contribution in [0.4, 0.5) is 18.9 Å². The van der Waals surface area contributed by atoms with Gasteiger partial charge >= 0.3 is 0 Å². The fourth-order valence-corrected chi connectivity index (χ4v) is 2.03. The molecule has 2 rings (SSSR count). The number of anilines is 1. The highest BCUT2D eigenvalue weighted by atomic mass is 19.2. The van der Waals surface area contributed by atoms with Crippen LogP contribution in [0.15, 0.2) is 36.4 Å². The summed E-state index contributed by atoms with van der Waals surface area (Å²) in [5, 5.41) is 2.23. The average Bonchev–Trinajstić information content (AvgIpc) is 2.48. The van der Waals surface area contributed by atoms with Gasteiger partial charge in [0.2, 0.25) is 5.91 Å². The van der Waals surface area contributed by atoms with Crippen LogP contribution in [-0.4, -0.2) is 11.5 Å². The summed E-state index contributed by atoms with van der Waals surface area (Å²) in [6, 6.07) is 8.61. The van der Waals surface area contributed by atoms with Crippen LogP contribution in [0.1, 0.15) is 26.3 Å². The summed E-state index contributed by atoms with van der Waals surface area (Å²) in [4.78, 5) is 11.9. The third kappa shape index (κ3) is 4.75. The molecule has 0 saturated heterocycles. The van der Waals surface area contributed by atoms with Gasteiger partial charge in [0, 0.05) is 0 Å². The Morgan fingerprint density at radius 3 is 2.21 bits per heavy atom. The average molecular weight is 337 g/mol. The molecule has 0 atom stereocenters. The van der Waals surface area contributed by atoms with E-state index in [1.807, 2.05) is 20.8 Å². The Hall–Kier alpha value is -2.50. The van der Waals surface area contributed by atoms with Crippen molar-refractivity contribution in [2.75, 3.05) is 5.32 Å². The molecule has 6 heteroatoms. The molecule has 2 aromatic rings. The van der Waals surface area contributed by atoms with Gasteiger partial charge in [-0.1, -0.05) is 12.1 Å². The number of halogens is 3. The summed E-state index contributed by atoms with van der Waals surface area (Å²) in [5.74, 6) is -4.21. The number of ether oxygens (including phenoxy) is 1. The molecule has 0 aliphatic heterocycles. The summed E-state index contributed by atoms with van der Waals surface area (Å²) in [5.41, 5.74) is -0.0494. The highest BCUT2D eigenvalue weighted by Crippen LogP contribution is 2.21. The van der Waals surface area contributed by atoms with E-state index < -0.39 is 29.0 Å². The predicted octanol–water partition coefficient (Wildman–Crippen LogP) is 4.46. The lowest BCUT2D eigenvalue weighted by Crippen LogP contribution is -2.22. The molecule has 0 fully saturated rings. The van der Waals surface area contributed by atoms with Crippen molar-refractivity contribution in [2.24, 2.45) is 0 Å². The van der Waals surface area contributed by atoms with Crippen molar-refractivity contribution in [1.29, 1.82) is 0 Å². The molecule has 128 valence electrons. The standard InChI is InChI=1S/C18H18F3NO2/c1-18(2,3)24-12-6-4-11(5-7-12)10-15(23)22-14-9-8-13(19)16(20)17(14)21/h4-9H,10H2,1-3H3,(H,22,23). The predicted molar refractivity (Wildman–Crippen MR) is 85.5 cm³/mol. The number of rotatable bonds is 4. The molecule has 24 heavy (non-hydrogen) atoms. The van der Waals surface area contributed by atoms with Crippen molar-refractivity contribution in [3.8, 4) is 5.75 Å². The van der Waals surface area contributed by atoms with Gasteiger partial charge in [-0.3, -0.25) is 4.79 Å². The Balaban J connectivity index is 2.01. The molecule has 0 heterocycles. The highest BCUT2D eigenvalue weighted by molar-refractivity contribution is 5.92. The maximum absolute atomic E-state index is 13.5. The van der Waals surface area contributed by atoms with Crippen molar-refractivity contribution >= 4 is 11.6 Å². The first-order valence-corrected chi connectivity index (χ1v) is 7.37. The second kappa shape index (κ2) is 6.95. The molecule has 0 bridgehead atoms. The summed E-state index contributed by atoms with van der Waals surface area (Å²) >= 11 is 0. The van der Waals surface area contributed by atoms with E-state index in [0.717, 1.165) is 12.1 Å². The first kappa shape index (κ1) is 17.8. The molecule has 0 radical (unpaired) electrons. The van der Waals surface area contributed by atoms with Gasteiger partial charge in [0.1, 0.15) is 11.4 Å². The smallest absolute Gasteiger partial charge is 0.228 e. The van der Waals surface area contributed by atoms with Crippen LogP contribution in [0.5, 0.6) is 5.75 Å². The lowest BCUT2D eigenvalue weighted by atomic mass is 10.1. The number of amides is 1. The van der Waals surface area contributed by atoms with Gasteiger partial charge in [0.15, 0.2) is 17.5 Å². The molecule has 3 nitrogen and oxygen atoms in total. The van der Waals surface area contributed by atoms with Crippen LogP contribution in [0.2, 0.25) is 0 Å². The fraction of sp³-hybridized carbons (Fsp3) is 0.278. The molecule has 0 unspecified atom stereocenters. The Morgan fingerprint density at radius 1 is 1.00 bits per heavy atom. The second-order valence-corrected chi connectivity index (χ2v) is 6.31. The Kier molecular flexibility index (Phi) is 5.17. The van der Waals surface area contributed by atoms with E-state index in [2.05, 4.69) is 5.32 Å². The van der Waals surface area contributed by atoms with Crippen LogP contribution < -0.4 is 10.1 Å². The lowest BCUT2D eigenvalue weighted by molar-refractivity contribution is -0.115. The molecule has 0 aromatic heterocycles. The molecule has 0 saturated carbocycles. The van der Waals surface area contributed by atoms with Crippen LogP contribution in [0.25, 0.3) is 0 Å². The van der Waals surface area contributed by atoms with E-state index in [0.29, 0.717) is 11.3 Å². The van der Waals surface area contributed by atoms with Crippen LogP contribution in [0, 0.1) is 17.5 Å². The topological polar surface area (TPSA) is 38.3 Å². The summed E-state index contributed by atoms with van der Waals surface area (Å²) in [7, 11) is 0. The zero-order chi connectivity index (χ0) is 17.9. The quantitative estimate of drug-likeness (QED) is 0.837. The first-order valence-electron chi connectivity index (χ1n) is 7.37. The van der Waals surface area contributed by atoms with Gasteiger partial charge in [-0.05, 0) is 50.6 Å². The number of carbonyl (C=O) groups is 1. The minimum absolute atomic E-state index is 0.0335. The fourth-order valence-electron chi connectivity index (χ4n) is 2.03. The minimum Gasteiger partial charge on any atom is -0.488 e. The maximum Gasteiger partial charge on any atom is 0.228 e. The zero-order valence-electron chi connectivity index (χ0n) is 13.6. The van der Waals surface area contributed by atoms with E-state index in [-0.39, 0.29) is 12.0 Å². The summed E-state index contributed by atoms with van der Waals surface area (Å²) < 4.78 is 45.2. The van der Waals surface area contributed by atoms with Crippen molar-refractivity contribution in [3.63, 3.8) is 0 Å². The third-order valence-corrected chi connectivity index (χ3v) is 3.02. The van der Waals surface area contributed by atoms with Crippen molar-refractivity contribution in [1.82, 2.24) is 0 Å². The molecular formula is C18H18F3NO2. The number of carbonyl (C=O) groups excluding carboxylic acids is 1. The van der Waals surface area contributed by atoms with Gasteiger partial charge in [0.05, 0.1) is 12.1 Å². The molecule has 0 aliphatic rings. The molecule has 1 N–H and O–H groups in total. The van der Waals surface area contributed by atoms with Crippen LogP contribution in [0.3, 0.4) is 0 Å². The molecule has 0 aliphatic carbocycles. The van der Waals surface area contributed by atoms with Gasteiger partial charge in [-0.25, -0.2) is 13.2 Å². The Morgan fingerprint density at radius 2 is 1.62 bits per heavy atom. The SMILES string of the molecule is CC(C)(C)Oc1ccc(CC(=O)Nc2ccc(F)c(F)c2F)cc1. The van der Waals surface area contributed by atoms with Gasteiger partial charge < -0.3 is 10.1 Å². The van der Waals surface area contributed by atoms with E-state index in [1.165, 1.54) is 0 Å². The van der Waals surface area contributed by atoms with Crippen LogP contribution >= 0.6 is 0 Å². The van der Waals surface area contributed by atoms with E-state index >= 15 is 0 Å². The zero-order valence-corrected chi connectivity index (χ0v) is 13.6. The van der Waals surface area contributed by atoms with Crippen molar-refractivity contribution in [2.45, 2.75) is 32.8 Å². The molecule has 0 spiro atoms. The van der Waals surface area contributed by atoms with E-state index in [9.17, 15) is 18.0 Å². The second-order valence-electron chi connectivity index (χ2n) is 6.31. The van der Waals surface area contributed by atoms with Gasteiger partial charge in [-0.15, -0.1) is 0 Å². The largest absolute Gasteiger partial charge is 0.488 e.